The van der Waals surface area contributed by atoms with Gasteiger partial charge in [-0.25, -0.2) is 0 Å². The Morgan fingerprint density at radius 1 is 0.963 bits per heavy atom. The van der Waals surface area contributed by atoms with Crippen molar-refractivity contribution in [1.82, 2.24) is 5.32 Å². The molecule has 1 aromatic heterocycles. The van der Waals surface area contributed by atoms with E-state index >= 15 is 0 Å². The van der Waals surface area contributed by atoms with Crippen molar-refractivity contribution in [3.8, 4) is 0 Å². The Hall–Kier alpha value is -3.07. The van der Waals surface area contributed by atoms with Crippen LogP contribution < -0.4 is 5.32 Å². The minimum absolute atomic E-state index is 0.0400. The van der Waals surface area contributed by atoms with Gasteiger partial charge < -0.3 is 9.73 Å². The van der Waals surface area contributed by atoms with Crippen LogP contribution in [0.2, 0.25) is 0 Å². The quantitative estimate of drug-likeness (QED) is 0.480. The average molecular weight is 357 g/mol. The highest BCUT2D eigenvalue weighted by Crippen LogP contribution is 2.28. The zero-order valence-corrected chi connectivity index (χ0v) is 15.9. The van der Waals surface area contributed by atoms with Crippen LogP contribution in [0.15, 0.2) is 65.1 Å². The summed E-state index contributed by atoms with van der Waals surface area (Å²) in [6.07, 6.45) is 0.817. The second kappa shape index (κ2) is 6.92. The standard InChI is InChI=1S/C24H23NO2/c1-4-21(18-10-9-15(2)16(3)13-18)25-24(26)23-14-20-19-8-6-5-7-17(19)11-12-22(20)27-23/h5-14,21H,4H2,1-3H3,(H,25,26)/t21-/m0/s1. The monoisotopic (exact) mass is 357 g/mol. The molecule has 0 bridgehead atoms. The molecule has 0 aliphatic heterocycles. The van der Waals surface area contributed by atoms with Crippen molar-refractivity contribution in [2.24, 2.45) is 0 Å². The van der Waals surface area contributed by atoms with E-state index in [1.165, 1.54) is 11.1 Å². The fraction of sp³-hybridized carbons (Fsp3) is 0.208. The molecule has 3 heteroatoms. The molecule has 1 heterocycles. The number of fused-ring (bicyclic) bond motifs is 3. The van der Waals surface area contributed by atoms with Gasteiger partial charge >= 0.3 is 0 Å². The predicted molar refractivity (Wildman–Crippen MR) is 110 cm³/mol. The van der Waals surface area contributed by atoms with Crippen LogP contribution in [0.1, 0.15) is 46.6 Å². The molecule has 136 valence electrons. The fourth-order valence-electron chi connectivity index (χ4n) is 3.54. The van der Waals surface area contributed by atoms with E-state index in [0.717, 1.165) is 33.7 Å². The third-order valence-electron chi connectivity index (χ3n) is 5.30. The number of nitrogens with one attached hydrogen (secondary N) is 1. The van der Waals surface area contributed by atoms with Gasteiger partial charge in [0.1, 0.15) is 5.58 Å². The van der Waals surface area contributed by atoms with Crippen LogP contribution in [0, 0.1) is 13.8 Å². The first-order valence-corrected chi connectivity index (χ1v) is 9.36. The fourth-order valence-corrected chi connectivity index (χ4v) is 3.54. The number of amides is 1. The first-order valence-electron chi connectivity index (χ1n) is 9.36. The summed E-state index contributed by atoms with van der Waals surface area (Å²) in [7, 11) is 0. The Balaban J connectivity index is 1.65. The van der Waals surface area contributed by atoms with Crippen LogP contribution in [0.5, 0.6) is 0 Å². The summed E-state index contributed by atoms with van der Waals surface area (Å²) in [5.74, 6) is 0.170. The van der Waals surface area contributed by atoms with E-state index in [1.54, 1.807) is 0 Å². The maximum absolute atomic E-state index is 12.8. The van der Waals surface area contributed by atoms with Crippen molar-refractivity contribution >= 4 is 27.6 Å². The van der Waals surface area contributed by atoms with E-state index in [1.807, 2.05) is 30.3 Å². The SMILES string of the molecule is CC[C@H](NC(=O)c1cc2c(ccc3ccccc32)o1)c1ccc(C)c(C)c1. The molecule has 4 aromatic rings. The summed E-state index contributed by atoms with van der Waals surface area (Å²) >= 11 is 0. The van der Waals surface area contributed by atoms with Crippen molar-refractivity contribution in [3.05, 3.63) is 83.1 Å². The molecule has 4 rings (SSSR count). The molecule has 0 spiro atoms. The minimum Gasteiger partial charge on any atom is -0.451 e. The third-order valence-corrected chi connectivity index (χ3v) is 5.30. The van der Waals surface area contributed by atoms with Crippen LogP contribution in [-0.2, 0) is 0 Å². The van der Waals surface area contributed by atoms with Crippen LogP contribution in [0.3, 0.4) is 0 Å². The molecule has 1 amide bonds. The summed E-state index contributed by atoms with van der Waals surface area (Å²) in [5, 5.41) is 6.33. The van der Waals surface area contributed by atoms with Gasteiger partial charge in [-0.2, -0.15) is 0 Å². The number of furan rings is 1. The normalized spacial score (nSPS) is 12.4. The van der Waals surface area contributed by atoms with Crippen LogP contribution in [-0.4, -0.2) is 5.91 Å². The number of aryl methyl sites for hydroxylation is 2. The highest BCUT2D eigenvalue weighted by Gasteiger charge is 2.18. The zero-order chi connectivity index (χ0) is 19.0. The molecule has 0 aliphatic rings. The molecule has 0 aliphatic carbocycles. The number of hydrogen-bond donors (Lipinski definition) is 1. The largest absolute Gasteiger partial charge is 0.451 e. The first kappa shape index (κ1) is 17.3. The Labute approximate surface area is 159 Å². The van der Waals surface area contributed by atoms with E-state index in [-0.39, 0.29) is 11.9 Å². The molecular weight excluding hydrogens is 334 g/mol. The number of carbonyl (C=O) groups is 1. The predicted octanol–water partition coefficient (Wildman–Crippen LogP) is 6.08. The van der Waals surface area contributed by atoms with Crippen molar-refractivity contribution in [2.45, 2.75) is 33.2 Å². The van der Waals surface area contributed by atoms with E-state index in [4.69, 9.17) is 4.42 Å². The average Bonchev–Trinajstić information content (AvgIpc) is 3.13. The Kier molecular flexibility index (Phi) is 4.44. The van der Waals surface area contributed by atoms with Crippen molar-refractivity contribution in [2.75, 3.05) is 0 Å². The molecule has 0 saturated heterocycles. The molecule has 0 unspecified atom stereocenters. The second-order valence-electron chi connectivity index (χ2n) is 7.09. The van der Waals surface area contributed by atoms with E-state index in [0.29, 0.717) is 5.76 Å². The van der Waals surface area contributed by atoms with Gasteiger partial charge in [0.2, 0.25) is 0 Å². The maximum atomic E-state index is 12.8. The lowest BCUT2D eigenvalue weighted by molar-refractivity contribution is 0.0909. The van der Waals surface area contributed by atoms with Gasteiger partial charge in [0.05, 0.1) is 6.04 Å². The summed E-state index contributed by atoms with van der Waals surface area (Å²) < 4.78 is 5.85. The number of benzene rings is 3. The lowest BCUT2D eigenvalue weighted by Gasteiger charge is -2.18. The van der Waals surface area contributed by atoms with Crippen LogP contribution in [0.25, 0.3) is 21.7 Å². The number of carbonyl (C=O) groups excluding carboxylic acids is 1. The Morgan fingerprint density at radius 3 is 2.56 bits per heavy atom. The Morgan fingerprint density at radius 2 is 1.78 bits per heavy atom. The number of hydrogen-bond acceptors (Lipinski definition) is 2. The molecular formula is C24H23NO2. The molecule has 0 fully saturated rings. The van der Waals surface area contributed by atoms with Gasteiger partial charge in [-0.1, -0.05) is 55.5 Å². The second-order valence-corrected chi connectivity index (χ2v) is 7.09. The Bertz CT molecular complexity index is 1140. The highest BCUT2D eigenvalue weighted by atomic mass is 16.3. The minimum atomic E-state index is -0.180. The van der Waals surface area contributed by atoms with E-state index in [2.05, 4.69) is 56.4 Å². The molecule has 27 heavy (non-hydrogen) atoms. The molecule has 0 saturated carbocycles. The summed E-state index contributed by atoms with van der Waals surface area (Å²) in [4.78, 5) is 12.8. The van der Waals surface area contributed by atoms with E-state index in [9.17, 15) is 4.79 Å². The van der Waals surface area contributed by atoms with Gasteiger partial charge in [-0.05, 0) is 59.9 Å². The molecule has 1 atom stereocenters. The van der Waals surface area contributed by atoms with Gasteiger partial charge in [0, 0.05) is 5.39 Å². The maximum Gasteiger partial charge on any atom is 0.287 e. The van der Waals surface area contributed by atoms with Crippen LogP contribution >= 0.6 is 0 Å². The van der Waals surface area contributed by atoms with Crippen molar-refractivity contribution in [1.29, 1.82) is 0 Å². The van der Waals surface area contributed by atoms with Gasteiger partial charge in [-0.3, -0.25) is 4.79 Å². The lowest BCUT2D eigenvalue weighted by atomic mass is 9.99. The van der Waals surface area contributed by atoms with Gasteiger partial charge in [-0.15, -0.1) is 0 Å². The lowest BCUT2D eigenvalue weighted by Crippen LogP contribution is -2.27. The summed E-state index contributed by atoms with van der Waals surface area (Å²) in [5.41, 5.74) is 4.34. The van der Waals surface area contributed by atoms with Crippen molar-refractivity contribution < 1.29 is 9.21 Å². The summed E-state index contributed by atoms with van der Waals surface area (Å²) in [6.45, 7) is 6.27. The number of rotatable bonds is 4. The molecule has 3 aromatic carbocycles. The smallest absolute Gasteiger partial charge is 0.287 e. The third kappa shape index (κ3) is 3.21. The molecule has 3 nitrogen and oxygen atoms in total. The van der Waals surface area contributed by atoms with E-state index < -0.39 is 0 Å². The summed E-state index contributed by atoms with van der Waals surface area (Å²) in [6, 6.07) is 20.2. The highest BCUT2D eigenvalue weighted by molar-refractivity contribution is 6.08. The first-order chi connectivity index (χ1) is 13.1. The molecule has 1 N–H and O–H groups in total. The van der Waals surface area contributed by atoms with Crippen LogP contribution in [0.4, 0.5) is 0 Å². The van der Waals surface area contributed by atoms with Gasteiger partial charge in [0.15, 0.2) is 5.76 Å². The molecule has 0 radical (unpaired) electrons. The van der Waals surface area contributed by atoms with Crippen molar-refractivity contribution in [3.63, 3.8) is 0 Å². The topological polar surface area (TPSA) is 42.2 Å². The zero-order valence-electron chi connectivity index (χ0n) is 15.9. The van der Waals surface area contributed by atoms with Gasteiger partial charge in [0.25, 0.3) is 5.91 Å².